The number of hydrogen-bond acceptors (Lipinski definition) is 6. The second-order valence-corrected chi connectivity index (χ2v) is 6.95. The normalized spacial score (nSPS) is 17.0. The summed E-state index contributed by atoms with van der Waals surface area (Å²) in [5.41, 5.74) is 4.79. The number of benzene rings is 1. The summed E-state index contributed by atoms with van der Waals surface area (Å²) in [6, 6.07) is 4.48. The maximum Gasteiger partial charge on any atom is 0.492 e. The largest absolute Gasteiger partial charge is 0.492 e. The molecule has 1 aromatic carbocycles. The Morgan fingerprint density at radius 3 is 2.84 bits per heavy atom. The molecule has 0 atom stereocenters. The maximum absolute atomic E-state index is 10.0. The summed E-state index contributed by atoms with van der Waals surface area (Å²) >= 11 is 0. The molecule has 0 amide bonds. The van der Waals surface area contributed by atoms with Gasteiger partial charge < -0.3 is 20.3 Å². The predicted molar refractivity (Wildman–Crippen MR) is 99.5 cm³/mol. The van der Waals surface area contributed by atoms with Crippen LogP contribution in [-0.2, 0) is 11.3 Å². The second-order valence-electron chi connectivity index (χ2n) is 6.95. The molecule has 6 nitrogen and oxygen atoms in total. The number of rotatable bonds is 4. The van der Waals surface area contributed by atoms with Crippen LogP contribution in [0.15, 0.2) is 18.3 Å². The molecule has 3 N–H and O–H groups in total. The number of aryl methyl sites for hydroxylation is 1. The molecule has 4 rings (SSSR count). The number of aromatic nitrogens is 2. The van der Waals surface area contributed by atoms with Gasteiger partial charge in [0.05, 0.1) is 6.61 Å². The highest BCUT2D eigenvalue weighted by atomic mass is 16.5. The van der Waals surface area contributed by atoms with Crippen LogP contribution in [-0.4, -0.2) is 28.2 Å². The van der Waals surface area contributed by atoms with E-state index in [-0.39, 0.29) is 0 Å². The minimum absolute atomic E-state index is 0.452. The van der Waals surface area contributed by atoms with Gasteiger partial charge in [0.2, 0.25) is 5.95 Å². The van der Waals surface area contributed by atoms with E-state index in [1.807, 2.05) is 32.2 Å². The Kier molecular flexibility index (Phi) is 4.35. The molecule has 0 radical (unpaired) electrons. The van der Waals surface area contributed by atoms with Gasteiger partial charge in [-0.1, -0.05) is 18.9 Å². The van der Waals surface area contributed by atoms with E-state index in [2.05, 4.69) is 20.6 Å². The highest BCUT2D eigenvalue weighted by Gasteiger charge is 2.30. The number of nitrogens with one attached hydrogen (secondary N) is 2. The lowest BCUT2D eigenvalue weighted by Gasteiger charge is -2.16. The first-order valence-corrected chi connectivity index (χ1v) is 8.91. The van der Waals surface area contributed by atoms with Gasteiger partial charge in [0.15, 0.2) is 0 Å². The highest BCUT2D eigenvalue weighted by Crippen LogP contribution is 2.25. The van der Waals surface area contributed by atoms with Crippen molar-refractivity contribution in [1.82, 2.24) is 9.97 Å². The molecule has 0 unspecified atom stereocenters. The van der Waals surface area contributed by atoms with Crippen molar-refractivity contribution in [2.45, 2.75) is 52.2 Å². The van der Waals surface area contributed by atoms with Crippen molar-refractivity contribution in [3.63, 3.8) is 0 Å². The topological polar surface area (TPSA) is 79.3 Å². The van der Waals surface area contributed by atoms with Crippen LogP contribution in [0.5, 0.6) is 0 Å². The Hall–Kier alpha value is -2.12. The molecule has 2 heterocycles. The first-order valence-electron chi connectivity index (χ1n) is 8.91. The molecule has 1 fully saturated rings. The van der Waals surface area contributed by atoms with E-state index >= 15 is 0 Å². The van der Waals surface area contributed by atoms with Gasteiger partial charge in [-0.3, -0.25) is 0 Å². The van der Waals surface area contributed by atoms with Crippen LogP contribution in [0, 0.1) is 13.8 Å². The lowest BCUT2D eigenvalue weighted by Crippen LogP contribution is -2.31. The monoisotopic (exact) mass is 338 g/mol. The molecule has 0 saturated heterocycles. The zero-order valence-electron chi connectivity index (χ0n) is 14.7. The summed E-state index contributed by atoms with van der Waals surface area (Å²) in [6.07, 6.45) is 6.81. The average Bonchev–Trinajstić information content (AvgIpc) is 3.23. The van der Waals surface area contributed by atoms with Crippen LogP contribution < -0.4 is 16.1 Å². The van der Waals surface area contributed by atoms with E-state index in [4.69, 9.17) is 4.65 Å². The first kappa shape index (κ1) is 16.4. The SMILES string of the molecule is Cc1cnc(Nc2ccc3c(c2C)B(O)OC3)nc1NC1CCCC1. The number of hydrogen-bond donors (Lipinski definition) is 3. The summed E-state index contributed by atoms with van der Waals surface area (Å²) in [5.74, 6) is 1.45. The minimum Gasteiger partial charge on any atom is -0.423 e. The van der Waals surface area contributed by atoms with Crippen molar-refractivity contribution in [1.29, 1.82) is 0 Å². The number of fused-ring (bicyclic) bond motifs is 1. The molecule has 2 aliphatic rings. The van der Waals surface area contributed by atoms with Crippen molar-refractivity contribution in [2.24, 2.45) is 0 Å². The molecule has 25 heavy (non-hydrogen) atoms. The fourth-order valence-corrected chi connectivity index (χ4v) is 3.67. The summed E-state index contributed by atoms with van der Waals surface area (Å²) in [7, 11) is -0.852. The molecule has 130 valence electrons. The minimum atomic E-state index is -0.852. The van der Waals surface area contributed by atoms with E-state index in [0.29, 0.717) is 18.6 Å². The zero-order valence-corrected chi connectivity index (χ0v) is 14.7. The molecule has 1 aliphatic carbocycles. The van der Waals surface area contributed by atoms with Crippen molar-refractivity contribution >= 4 is 30.0 Å². The van der Waals surface area contributed by atoms with Gasteiger partial charge in [-0.15, -0.1) is 0 Å². The van der Waals surface area contributed by atoms with Crippen molar-refractivity contribution < 1.29 is 9.68 Å². The van der Waals surface area contributed by atoms with Crippen LogP contribution in [0.2, 0.25) is 0 Å². The summed E-state index contributed by atoms with van der Waals surface area (Å²) in [4.78, 5) is 9.06. The standard InChI is InChI=1S/C18H23BN4O2/c1-11-9-20-18(23-17(11)21-14-5-3-4-6-14)22-15-8-7-13-10-25-19(24)16(13)12(15)2/h7-9,14,24H,3-6,10H2,1-2H3,(H2,20,21,22,23). The second kappa shape index (κ2) is 6.65. The van der Waals surface area contributed by atoms with E-state index in [1.165, 1.54) is 25.7 Å². The van der Waals surface area contributed by atoms with Crippen molar-refractivity contribution in [3.8, 4) is 0 Å². The molecule has 7 heteroatoms. The fourth-order valence-electron chi connectivity index (χ4n) is 3.67. The van der Waals surface area contributed by atoms with E-state index < -0.39 is 7.12 Å². The van der Waals surface area contributed by atoms with Crippen molar-refractivity contribution in [2.75, 3.05) is 10.6 Å². The third-order valence-corrected chi connectivity index (χ3v) is 5.16. The average molecular weight is 338 g/mol. The Labute approximate surface area is 148 Å². The van der Waals surface area contributed by atoms with E-state index in [9.17, 15) is 5.02 Å². The van der Waals surface area contributed by atoms with Crippen LogP contribution in [0.4, 0.5) is 17.5 Å². The van der Waals surface area contributed by atoms with Crippen molar-refractivity contribution in [3.05, 3.63) is 35.0 Å². The Bertz CT molecular complexity index is 793. The molecular weight excluding hydrogens is 315 g/mol. The molecule has 1 aromatic heterocycles. The summed E-state index contributed by atoms with van der Waals surface area (Å²) in [6.45, 7) is 4.45. The Balaban J connectivity index is 1.58. The van der Waals surface area contributed by atoms with Gasteiger partial charge in [0.1, 0.15) is 5.82 Å². The van der Waals surface area contributed by atoms with E-state index in [0.717, 1.165) is 33.7 Å². The molecule has 2 aromatic rings. The van der Waals surface area contributed by atoms with Crippen LogP contribution >= 0.6 is 0 Å². The summed E-state index contributed by atoms with van der Waals surface area (Å²) < 4.78 is 5.31. The van der Waals surface area contributed by atoms with Crippen LogP contribution in [0.1, 0.15) is 42.4 Å². The lowest BCUT2D eigenvalue weighted by molar-refractivity contribution is 0.275. The number of anilines is 3. The van der Waals surface area contributed by atoms with E-state index in [1.54, 1.807) is 0 Å². The van der Waals surface area contributed by atoms with Gasteiger partial charge >= 0.3 is 7.12 Å². The molecule has 1 saturated carbocycles. The zero-order chi connectivity index (χ0) is 17.4. The van der Waals surface area contributed by atoms with Gasteiger partial charge in [-0.25, -0.2) is 4.98 Å². The molecule has 0 spiro atoms. The third kappa shape index (κ3) is 3.21. The quantitative estimate of drug-likeness (QED) is 0.743. The Morgan fingerprint density at radius 1 is 1.24 bits per heavy atom. The molecular formula is C18H23BN4O2. The fraction of sp³-hybridized carbons (Fsp3) is 0.444. The van der Waals surface area contributed by atoms with Gasteiger partial charge in [0.25, 0.3) is 0 Å². The number of nitrogens with zero attached hydrogens (tertiary/aromatic N) is 2. The predicted octanol–water partition coefficient (Wildman–Crippen LogP) is 2.41. The smallest absolute Gasteiger partial charge is 0.423 e. The van der Waals surface area contributed by atoms with Crippen LogP contribution in [0.25, 0.3) is 0 Å². The first-order chi connectivity index (χ1) is 12.1. The lowest BCUT2D eigenvalue weighted by atomic mass is 9.76. The Morgan fingerprint density at radius 2 is 2.04 bits per heavy atom. The molecule has 0 bridgehead atoms. The maximum atomic E-state index is 10.0. The van der Waals surface area contributed by atoms with Crippen LogP contribution in [0.3, 0.4) is 0 Å². The summed E-state index contributed by atoms with van der Waals surface area (Å²) in [5, 5.41) is 16.8. The third-order valence-electron chi connectivity index (χ3n) is 5.16. The van der Waals surface area contributed by atoms with Gasteiger partial charge in [-0.2, -0.15) is 4.98 Å². The van der Waals surface area contributed by atoms with Gasteiger partial charge in [-0.05, 0) is 49.3 Å². The molecule has 1 aliphatic heterocycles. The highest BCUT2D eigenvalue weighted by molar-refractivity contribution is 6.62. The van der Waals surface area contributed by atoms with Gasteiger partial charge in [0, 0.05) is 23.5 Å².